The SMILES string of the molecule is Cc1cc(C)c(OCC(=O)N[C@@H](C)c2ccc(F)cc2)c(C)c1. The van der Waals surface area contributed by atoms with Crippen molar-refractivity contribution in [1.29, 1.82) is 0 Å². The standard InChI is InChI=1S/C19H22FNO2/c1-12-9-13(2)19(14(3)10-12)23-11-18(22)21-15(4)16-5-7-17(20)8-6-16/h5-10,15H,11H2,1-4H3,(H,21,22)/t15-/m0/s1. The molecule has 122 valence electrons. The summed E-state index contributed by atoms with van der Waals surface area (Å²) < 4.78 is 18.6. The van der Waals surface area contributed by atoms with Crippen molar-refractivity contribution in [2.24, 2.45) is 0 Å². The number of nitrogens with one attached hydrogen (secondary N) is 1. The zero-order chi connectivity index (χ0) is 17.0. The van der Waals surface area contributed by atoms with Crippen LogP contribution in [0.3, 0.4) is 0 Å². The molecule has 0 fully saturated rings. The second-order valence-electron chi connectivity index (χ2n) is 5.86. The molecule has 0 aromatic heterocycles. The first kappa shape index (κ1) is 17.0. The lowest BCUT2D eigenvalue weighted by Gasteiger charge is -2.16. The maximum absolute atomic E-state index is 12.9. The molecule has 2 aromatic carbocycles. The Morgan fingerprint density at radius 1 is 1.13 bits per heavy atom. The average molecular weight is 315 g/mol. The summed E-state index contributed by atoms with van der Waals surface area (Å²) in [7, 11) is 0. The van der Waals surface area contributed by atoms with Crippen LogP contribution < -0.4 is 10.1 Å². The molecular weight excluding hydrogens is 293 g/mol. The van der Waals surface area contributed by atoms with Crippen molar-refractivity contribution in [2.45, 2.75) is 33.7 Å². The van der Waals surface area contributed by atoms with Gasteiger partial charge in [0, 0.05) is 0 Å². The van der Waals surface area contributed by atoms with Crippen LogP contribution in [0.4, 0.5) is 4.39 Å². The number of hydrogen-bond acceptors (Lipinski definition) is 2. The molecule has 0 unspecified atom stereocenters. The predicted molar refractivity (Wildman–Crippen MR) is 89.1 cm³/mol. The summed E-state index contributed by atoms with van der Waals surface area (Å²) >= 11 is 0. The fraction of sp³-hybridized carbons (Fsp3) is 0.316. The van der Waals surface area contributed by atoms with E-state index in [1.165, 1.54) is 17.7 Å². The van der Waals surface area contributed by atoms with Gasteiger partial charge in [-0.2, -0.15) is 0 Å². The third-order valence-electron chi connectivity index (χ3n) is 3.70. The first-order valence-corrected chi connectivity index (χ1v) is 7.62. The molecule has 23 heavy (non-hydrogen) atoms. The smallest absolute Gasteiger partial charge is 0.258 e. The average Bonchev–Trinajstić information content (AvgIpc) is 2.46. The molecule has 2 rings (SSSR count). The Hall–Kier alpha value is -2.36. The summed E-state index contributed by atoms with van der Waals surface area (Å²) in [6, 6.07) is 9.95. The number of carbonyl (C=O) groups is 1. The molecule has 1 atom stereocenters. The quantitative estimate of drug-likeness (QED) is 0.905. The van der Waals surface area contributed by atoms with E-state index >= 15 is 0 Å². The van der Waals surface area contributed by atoms with Crippen LogP contribution in [-0.4, -0.2) is 12.5 Å². The van der Waals surface area contributed by atoms with Crippen LogP contribution in [0.25, 0.3) is 0 Å². The molecule has 0 saturated carbocycles. The minimum atomic E-state index is -0.291. The summed E-state index contributed by atoms with van der Waals surface area (Å²) in [4.78, 5) is 12.0. The van der Waals surface area contributed by atoms with Crippen molar-refractivity contribution in [2.75, 3.05) is 6.61 Å². The topological polar surface area (TPSA) is 38.3 Å². The van der Waals surface area contributed by atoms with E-state index in [-0.39, 0.29) is 24.4 Å². The highest BCUT2D eigenvalue weighted by atomic mass is 19.1. The van der Waals surface area contributed by atoms with Gasteiger partial charge in [-0.05, 0) is 56.5 Å². The highest BCUT2D eigenvalue weighted by Gasteiger charge is 2.12. The van der Waals surface area contributed by atoms with E-state index in [1.807, 2.05) is 39.8 Å². The number of halogens is 1. The van der Waals surface area contributed by atoms with E-state index in [0.29, 0.717) is 0 Å². The van der Waals surface area contributed by atoms with Gasteiger partial charge < -0.3 is 10.1 Å². The van der Waals surface area contributed by atoms with Gasteiger partial charge in [0.05, 0.1) is 6.04 Å². The Bertz CT molecular complexity index is 672. The Morgan fingerprint density at radius 3 is 2.26 bits per heavy atom. The van der Waals surface area contributed by atoms with Gasteiger partial charge >= 0.3 is 0 Å². The van der Waals surface area contributed by atoms with Crippen LogP contribution in [0.15, 0.2) is 36.4 Å². The fourth-order valence-electron chi connectivity index (χ4n) is 2.65. The van der Waals surface area contributed by atoms with E-state index in [0.717, 1.165) is 22.4 Å². The van der Waals surface area contributed by atoms with Gasteiger partial charge in [-0.1, -0.05) is 29.8 Å². The molecule has 3 nitrogen and oxygen atoms in total. The molecule has 4 heteroatoms. The van der Waals surface area contributed by atoms with Crippen molar-refractivity contribution >= 4 is 5.91 Å². The molecule has 0 saturated heterocycles. The van der Waals surface area contributed by atoms with Crippen molar-refractivity contribution < 1.29 is 13.9 Å². The molecule has 1 amide bonds. The van der Waals surface area contributed by atoms with E-state index in [1.54, 1.807) is 12.1 Å². The lowest BCUT2D eigenvalue weighted by molar-refractivity contribution is -0.123. The molecule has 0 radical (unpaired) electrons. The highest BCUT2D eigenvalue weighted by molar-refractivity contribution is 5.78. The molecule has 0 aliphatic carbocycles. The van der Waals surface area contributed by atoms with Gasteiger partial charge in [-0.25, -0.2) is 4.39 Å². The molecule has 0 aliphatic rings. The Labute approximate surface area is 136 Å². The Kier molecular flexibility index (Phi) is 5.37. The molecule has 0 aliphatic heterocycles. The number of benzene rings is 2. The maximum atomic E-state index is 12.9. The zero-order valence-corrected chi connectivity index (χ0v) is 13.9. The summed E-state index contributed by atoms with van der Waals surface area (Å²) in [5, 5.41) is 2.85. The van der Waals surface area contributed by atoms with Gasteiger partial charge in [-0.3, -0.25) is 4.79 Å². The van der Waals surface area contributed by atoms with Crippen LogP contribution in [0.1, 0.15) is 35.2 Å². The van der Waals surface area contributed by atoms with Crippen molar-refractivity contribution in [3.05, 3.63) is 64.5 Å². The van der Waals surface area contributed by atoms with E-state index in [9.17, 15) is 9.18 Å². The number of amides is 1. The van der Waals surface area contributed by atoms with Crippen LogP contribution in [0, 0.1) is 26.6 Å². The first-order chi connectivity index (χ1) is 10.9. The summed E-state index contributed by atoms with van der Waals surface area (Å²) in [6.07, 6.45) is 0. The number of aryl methyl sites for hydroxylation is 3. The van der Waals surface area contributed by atoms with Crippen LogP contribution >= 0.6 is 0 Å². The summed E-state index contributed by atoms with van der Waals surface area (Å²) in [5.41, 5.74) is 4.05. The van der Waals surface area contributed by atoms with Gasteiger partial charge in [0.25, 0.3) is 5.91 Å². The van der Waals surface area contributed by atoms with E-state index < -0.39 is 0 Å². The minimum absolute atomic E-state index is 0.0454. The second-order valence-corrected chi connectivity index (χ2v) is 5.86. The normalized spacial score (nSPS) is 11.9. The number of carbonyl (C=O) groups excluding carboxylic acids is 1. The summed E-state index contributed by atoms with van der Waals surface area (Å²) in [5.74, 6) is 0.252. The van der Waals surface area contributed by atoms with Crippen LogP contribution in [0.2, 0.25) is 0 Å². The van der Waals surface area contributed by atoms with Crippen molar-refractivity contribution in [3.8, 4) is 5.75 Å². The fourth-order valence-corrected chi connectivity index (χ4v) is 2.65. The van der Waals surface area contributed by atoms with E-state index in [4.69, 9.17) is 4.74 Å². The number of rotatable bonds is 5. The van der Waals surface area contributed by atoms with Gasteiger partial charge in [0.2, 0.25) is 0 Å². The lowest BCUT2D eigenvalue weighted by Crippen LogP contribution is -2.31. The molecule has 2 aromatic rings. The first-order valence-electron chi connectivity index (χ1n) is 7.62. The molecule has 0 bridgehead atoms. The summed E-state index contributed by atoms with van der Waals surface area (Å²) in [6.45, 7) is 7.77. The zero-order valence-electron chi connectivity index (χ0n) is 13.9. The van der Waals surface area contributed by atoms with Gasteiger partial charge in [0.15, 0.2) is 6.61 Å². The van der Waals surface area contributed by atoms with Gasteiger partial charge in [-0.15, -0.1) is 0 Å². The van der Waals surface area contributed by atoms with E-state index in [2.05, 4.69) is 5.32 Å². The third kappa shape index (κ3) is 4.55. The Morgan fingerprint density at radius 2 is 1.70 bits per heavy atom. The highest BCUT2D eigenvalue weighted by Crippen LogP contribution is 2.24. The Balaban J connectivity index is 1.94. The van der Waals surface area contributed by atoms with Crippen molar-refractivity contribution in [3.63, 3.8) is 0 Å². The van der Waals surface area contributed by atoms with Crippen LogP contribution in [-0.2, 0) is 4.79 Å². The van der Waals surface area contributed by atoms with Crippen molar-refractivity contribution in [1.82, 2.24) is 5.32 Å². The molecular formula is C19H22FNO2. The monoisotopic (exact) mass is 315 g/mol. The maximum Gasteiger partial charge on any atom is 0.258 e. The van der Waals surface area contributed by atoms with Crippen LogP contribution in [0.5, 0.6) is 5.75 Å². The molecule has 0 heterocycles. The lowest BCUT2D eigenvalue weighted by atomic mass is 10.1. The minimum Gasteiger partial charge on any atom is -0.483 e. The third-order valence-corrected chi connectivity index (χ3v) is 3.70. The largest absolute Gasteiger partial charge is 0.483 e. The number of ether oxygens (including phenoxy) is 1. The number of hydrogen-bond donors (Lipinski definition) is 1. The molecule has 0 spiro atoms. The second kappa shape index (κ2) is 7.27. The molecule has 1 N–H and O–H groups in total. The predicted octanol–water partition coefficient (Wildman–Crippen LogP) is 4.01. The van der Waals surface area contributed by atoms with Gasteiger partial charge in [0.1, 0.15) is 11.6 Å².